The second kappa shape index (κ2) is 7.40. The van der Waals surface area contributed by atoms with Crippen molar-refractivity contribution in [2.45, 2.75) is 70.3 Å². The molecule has 1 saturated heterocycles. The quantitative estimate of drug-likeness (QED) is 0.789. The molecule has 1 aromatic rings. The molecular formula is C23H33ClN2O. The van der Waals surface area contributed by atoms with E-state index in [0.717, 1.165) is 49.7 Å². The molecule has 0 spiro atoms. The van der Waals surface area contributed by atoms with Gasteiger partial charge in [0.05, 0.1) is 0 Å². The smallest absolute Gasteiger partial charge is 0.226 e. The van der Waals surface area contributed by atoms with Crippen LogP contribution >= 0.6 is 11.6 Å². The van der Waals surface area contributed by atoms with Crippen LogP contribution in [0.4, 0.5) is 0 Å². The zero-order valence-electron chi connectivity index (χ0n) is 16.7. The predicted octanol–water partition coefficient (Wildman–Crippen LogP) is 4.68. The van der Waals surface area contributed by atoms with Gasteiger partial charge in [0.15, 0.2) is 0 Å². The lowest BCUT2D eigenvalue weighted by Gasteiger charge is -2.54. The molecule has 3 fully saturated rings. The summed E-state index contributed by atoms with van der Waals surface area (Å²) < 4.78 is 0. The van der Waals surface area contributed by atoms with Crippen LogP contribution in [0.2, 0.25) is 5.02 Å². The van der Waals surface area contributed by atoms with Gasteiger partial charge in [0.1, 0.15) is 0 Å². The lowest BCUT2D eigenvalue weighted by Crippen LogP contribution is -2.54. The molecule has 1 heterocycles. The Kier molecular flexibility index (Phi) is 5.28. The highest BCUT2D eigenvalue weighted by molar-refractivity contribution is 6.30. The number of hydrogen-bond acceptors (Lipinski definition) is 2. The van der Waals surface area contributed by atoms with Crippen molar-refractivity contribution in [3.05, 3.63) is 34.9 Å². The van der Waals surface area contributed by atoms with E-state index in [4.69, 9.17) is 11.6 Å². The zero-order chi connectivity index (χ0) is 19.1. The van der Waals surface area contributed by atoms with E-state index < -0.39 is 0 Å². The molecule has 2 saturated carbocycles. The maximum absolute atomic E-state index is 13.4. The number of carbonyl (C=O) groups is 1. The third-order valence-corrected chi connectivity index (χ3v) is 7.55. The van der Waals surface area contributed by atoms with Crippen molar-refractivity contribution in [2.75, 3.05) is 13.1 Å². The van der Waals surface area contributed by atoms with Gasteiger partial charge in [0.25, 0.3) is 0 Å². The molecule has 1 aromatic carbocycles. The van der Waals surface area contributed by atoms with Crippen LogP contribution in [0.1, 0.15) is 64.4 Å². The molecule has 4 atom stereocenters. The number of carbonyl (C=O) groups excluding carboxylic acids is 1. The van der Waals surface area contributed by atoms with Crippen LogP contribution in [-0.4, -0.2) is 25.0 Å². The molecule has 3 aliphatic rings. The van der Waals surface area contributed by atoms with E-state index in [-0.39, 0.29) is 16.7 Å². The highest BCUT2D eigenvalue weighted by Crippen LogP contribution is 2.58. The number of nitrogens with one attached hydrogen (secondary N) is 2. The number of halogens is 1. The SMILES string of the molecule is CC1CC2CC(C)(C(=O)NC3CCNCC3)CC(c3ccc(Cl)cc3)(C1)C2. The third-order valence-electron chi connectivity index (χ3n) is 7.30. The summed E-state index contributed by atoms with van der Waals surface area (Å²) in [6.45, 7) is 6.62. The minimum atomic E-state index is -0.270. The van der Waals surface area contributed by atoms with Gasteiger partial charge >= 0.3 is 0 Å². The molecule has 4 unspecified atom stereocenters. The van der Waals surface area contributed by atoms with Gasteiger partial charge in [-0.05, 0) is 93.0 Å². The Morgan fingerprint density at radius 2 is 1.85 bits per heavy atom. The second-order valence-corrected chi connectivity index (χ2v) is 10.3. The normalized spacial score (nSPS) is 37.0. The van der Waals surface area contributed by atoms with E-state index in [1.165, 1.54) is 24.8 Å². The maximum atomic E-state index is 13.4. The fraction of sp³-hybridized carbons (Fsp3) is 0.696. The fourth-order valence-electron chi connectivity index (χ4n) is 6.43. The fourth-order valence-corrected chi connectivity index (χ4v) is 6.56. The summed E-state index contributed by atoms with van der Waals surface area (Å²) in [5.41, 5.74) is 1.22. The van der Waals surface area contributed by atoms with Gasteiger partial charge in [-0.1, -0.05) is 37.6 Å². The molecule has 2 N–H and O–H groups in total. The summed E-state index contributed by atoms with van der Waals surface area (Å²) in [5.74, 6) is 1.64. The molecule has 2 aliphatic carbocycles. The Morgan fingerprint density at radius 3 is 2.56 bits per heavy atom. The van der Waals surface area contributed by atoms with E-state index in [2.05, 4.69) is 36.6 Å². The molecule has 1 aliphatic heterocycles. The van der Waals surface area contributed by atoms with Gasteiger partial charge in [-0.15, -0.1) is 0 Å². The van der Waals surface area contributed by atoms with Gasteiger partial charge in [-0.2, -0.15) is 0 Å². The van der Waals surface area contributed by atoms with Crippen molar-refractivity contribution >= 4 is 17.5 Å². The minimum Gasteiger partial charge on any atom is -0.353 e. The summed E-state index contributed by atoms with van der Waals surface area (Å²) in [4.78, 5) is 13.4. The van der Waals surface area contributed by atoms with Gasteiger partial charge < -0.3 is 10.6 Å². The molecular weight excluding hydrogens is 356 g/mol. The lowest BCUT2D eigenvalue weighted by atomic mass is 9.50. The van der Waals surface area contributed by atoms with E-state index >= 15 is 0 Å². The van der Waals surface area contributed by atoms with Crippen LogP contribution < -0.4 is 10.6 Å². The maximum Gasteiger partial charge on any atom is 0.226 e. The Bertz CT molecular complexity index is 680. The van der Waals surface area contributed by atoms with Crippen molar-refractivity contribution < 1.29 is 4.79 Å². The summed E-state index contributed by atoms with van der Waals surface area (Å²) in [6.07, 6.45) is 7.74. The second-order valence-electron chi connectivity index (χ2n) is 9.84. The number of amides is 1. The minimum absolute atomic E-state index is 0.116. The van der Waals surface area contributed by atoms with Gasteiger partial charge in [-0.3, -0.25) is 4.79 Å². The average molecular weight is 389 g/mol. The first-order valence-electron chi connectivity index (χ1n) is 10.7. The standard InChI is InChI=1S/C23H33ClN2O/c1-16-11-17-13-22(2,21(27)26-20-7-9-25-10-8-20)15-23(12-16,14-17)18-3-5-19(24)6-4-18/h3-6,16-17,20,25H,7-15H2,1-2H3,(H,26,27). The Hall–Kier alpha value is -1.06. The molecule has 3 nitrogen and oxygen atoms in total. The zero-order valence-corrected chi connectivity index (χ0v) is 17.4. The van der Waals surface area contributed by atoms with Crippen molar-refractivity contribution in [1.29, 1.82) is 0 Å². The van der Waals surface area contributed by atoms with E-state index in [1.54, 1.807) is 0 Å². The molecule has 0 radical (unpaired) electrons. The van der Waals surface area contributed by atoms with Crippen LogP contribution in [0, 0.1) is 17.3 Å². The van der Waals surface area contributed by atoms with Crippen molar-refractivity contribution in [3.63, 3.8) is 0 Å². The number of benzene rings is 1. The molecule has 27 heavy (non-hydrogen) atoms. The first-order valence-corrected chi connectivity index (χ1v) is 11.0. The number of piperidine rings is 1. The van der Waals surface area contributed by atoms with Gasteiger partial charge in [0.2, 0.25) is 5.91 Å². The molecule has 4 rings (SSSR count). The molecule has 148 valence electrons. The van der Waals surface area contributed by atoms with Crippen LogP contribution in [0.3, 0.4) is 0 Å². The van der Waals surface area contributed by atoms with E-state index in [1.807, 2.05) is 12.1 Å². The van der Waals surface area contributed by atoms with Crippen molar-refractivity contribution in [3.8, 4) is 0 Å². The van der Waals surface area contributed by atoms with Crippen LogP contribution in [-0.2, 0) is 10.2 Å². The number of fused-ring (bicyclic) bond motifs is 2. The lowest BCUT2D eigenvalue weighted by molar-refractivity contribution is -0.137. The highest BCUT2D eigenvalue weighted by Gasteiger charge is 2.53. The topological polar surface area (TPSA) is 41.1 Å². The predicted molar refractivity (Wildman–Crippen MR) is 111 cm³/mol. The van der Waals surface area contributed by atoms with Crippen molar-refractivity contribution in [2.24, 2.45) is 17.3 Å². The number of hydrogen-bond donors (Lipinski definition) is 2. The average Bonchev–Trinajstić information content (AvgIpc) is 2.61. The Balaban J connectivity index is 1.59. The summed E-state index contributed by atoms with van der Waals surface area (Å²) >= 11 is 6.16. The van der Waals surface area contributed by atoms with Gasteiger partial charge in [-0.25, -0.2) is 0 Å². The summed E-state index contributed by atoms with van der Waals surface area (Å²) in [6, 6.07) is 8.77. The van der Waals surface area contributed by atoms with E-state index in [0.29, 0.717) is 12.0 Å². The van der Waals surface area contributed by atoms with E-state index in [9.17, 15) is 4.79 Å². The van der Waals surface area contributed by atoms with Crippen LogP contribution in [0.25, 0.3) is 0 Å². The summed E-state index contributed by atoms with van der Waals surface area (Å²) in [7, 11) is 0. The molecule has 2 bridgehead atoms. The molecule has 0 aromatic heterocycles. The first kappa shape index (κ1) is 19.3. The monoisotopic (exact) mass is 388 g/mol. The van der Waals surface area contributed by atoms with Crippen molar-refractivity contribution in [1.82, 2.24) is 10.6 Å². The van der Waals surface area contributed by atoms with Crippen LogP contribution in [0.15, 0.2) is 24.3 Å². The first-order chi connectivity index (χ1) is 12.9. The third kappa shape index (κ3) is 3.91. The molecule has 1 amide bonds. The highest BCUT2D eigenvalue weighted by atomic mass is 35.5. The Morgan fingerprint density at radius 1 is 1.15 bits per heavy atom. The molecule has 4 heteroatoms. The summed E-state index contributed by atoms with van der Waals surface area (Å²) in [5, 5.41) is 7.58. The number of rotatable bonds is 3. The van der Waals surface area contributed by atoms with Gasteiger partial charge in [0, 0.05) is 16.5 Å². The van der Waals surface area contributed by atoms with Crippen LogP contribution in [0.5, 0.6) is 0 Å². The largest absolute Gasteiger partial charge is 0.353 e. The Labute approximate surface area is 168 Å².